The third-order valence-electron chi connectivity index (χ3n) is 17.5. The van der Waals surface area contributed by atoms with Crippen LogP contribution in [-0.4, -0.2) is 12.3 Å². The van der Waals surface area contributed by atoms with Crippen molar-refractivity contribution >= 4 is 121 Å². The number of aryl methyl sites for hydroxylation is 1. The second kappa shape index (κ2) is 15.1. The van der Waals surface area contributed by atoms with Crippen LogP contribution >= 0.6 is 22.7 Å². The lowest BCUT2D eigenvalue weighted by Gasteiger charge is -2.52. The highest BCUT2D eigenvalue weighted by Gasteiger charge is 2.62. The van der Waals surface area contributed by atoms with E-state index in [-0.39, 0.29) is 33.9 Å². The third-order valence-corrected chi connectivity index (χ3v) is 19.9. The zero-order valence-electron chi connectivity index (χ0n) is 43.8. The van der Waals surface area contributed by atoms with Gasteiger partial charge < -0.3 is 14.7 Å². The van der Waals surface area contributed by atoms with Crippen molar-refractivity contribution in [3.63, 3.8) is 0 Å². The summed E-state index contributed by atoms with van der Waals surface area (Å²) < 4.78 is 5.43. The van der Waals surface area contributed by atoms with E-state index in [0.29, 0.717) is 0 Å². The van der Waals surface area contributed by atoms with Gasteiger partial charge in [-0.15, -0.1) is 22.7 Å². The average Bonchev–Trinajstić information content (AvgIpc) is 3.96. The maximum absolute atomic E-state index is 2.90. The Balaban J connectivity index is 1.11. The summed E-state index contributed by atoms with van der Waals surface area (Å²) in [6.07, 6.45) is 4.94. The molecular weight excluding hydrogens is 898 g/mol. The smallest absolute Gasteiger partial charge is 0.264 e. The predicted octanol–water partition coefficient (Wildman–Crippen LogP) is 17.3. The van der Waals surface area contributed by atoms with Crippen LogP contribution in [0.1, 0.15) is 130 Å². The van der Waals surface area contributed by atoms with Gasteiger partial charge in [-0.2, -0.15) is 0 Å². The Morgan fingerprint density at radius 2 is 1.15 bits per heavy atom. The molecule has 0 bridgehead atoms. The molecule has 2 atom stereocenters. The van der Waals surface area contributed by atoms with Crippen molar-refractivity contribution in [2.45, 2.75) is 136 Å². The monoisotopic (exact) mass is 963 g/mol. The summed E-state index contributed by atoms with van der Waals surface area (Å²) >= 11 is 3.97. The van der Waals surface area contributed by atoms with Crippen molar-refractivity contribution in [1.82, 2.24) is 0 Å². The molecule has 356 valence electrons. The van der Waals surface area contributed by atoms with Crippen LogP contribution in [0, 0.1) is 6.92 Å². The zero-order chi connectivity index (χ0) is 49.3. The summed E-state index contributed by atoms with van der Waals surface area (Å²) in [6, 6.07) is 52.4. The van der Waals surface area contributed by atoms with E-state index in [1.807, 2.05) is 22.7 Å². The van der Waals surface area contributed by atoms with Crippen molar-refractivity contribution < 1.29 is 0 Å². The summed E-state index contributed by atoms with van der Waals surface area (Å²) in [5.74, 6) is 0. The van der Waals surface area contributed by atoms with Gasteiger partial charge in [0.2, 0.25) is 0 Å². The molecule has 1 fully saturated rings. The first-order valence-corrected chi connectivity index (χ1v) is 27.8. The fourth-order valence-corrected chi connectivity index (χ4v) is 15.9. The highest BCUT2D eigenvalue weighted by atomic mass is 32.1. The molecule has 7 aromatic carbocycles. The summed E-state index contributed by atoms with van der Waals surface area (Å²) in [5.41, 5.74) is 20.4. The summed E-state index contributed by atoms with van der Waals surface area (Å²) in [5, 5.41) is 3.97. The topological polar surface area (TPSA) is 9.72 Å². The number of nitrogens with zero attached hydrogens (tertiary/aromatic N) is 3. The van der Waals surface area contributed by atoms with Crippen molar-refractivity contribution in [2.24, 2.45) is 0 Å². The van der Waals surface area contributed by atoms with Crippen LogP contribution in [0.2, 0.25) is 0 Å². The zero-order valence-corrected chi connectivity index (χ0v) is 45.4. The molecule has 0 N–H and O–H groups in total. The number of hydrogen-bond acceptors (Lipinski definition) is 5. The maximum atomic E-state index is 2.90. The van der Waals surface area contributed by atoms with Gasteiger partial charge in [0.15, 0.2) is 0 Å². The van der Waals surface area contributed by atoms with E-state index in [0.717, 1.165) is 11.4 Å². The summed E-state index contributed by atoms with van der Waals surface area (Å²) in [6.45, 7) is 28.7. The number of rotatable bonds is 4. The van der Waals surface area contributed by atoms with Gasteiger partial charge in [-0.3, -0.25) is 0 Å². The molecule has 6 heteroatoms. The molecule has 0 spiro atoms. The minimum atomic E-state index is -0.0450. The Bertz CT molecular complexity index is 3610. The largest absolute Gasteiger partial charge is 0.335 e. The van der Waals surface area contributed by atoms with E-state index in [4.69, 9.17) is 0 Å². The van der Waals surface area contributed by atoms with Gasteiger partial charge in [-0.25, -0.2) is 0 Å². The first kappa shape index (κ1) is 45.1. The van der Waals surface area contributed by atoms with Gasteiger partial charge in [0.1, 0.15) is 0 Å². The van der Waals surface area contributed by atoms with Crippen LogP contribution in [-0.2, 0) is 21.7 Å². The van der Waals surface area contributed by atoms with Crippen LogP contribution in [0.4, 0.5) is 45.5 Å². The second-order valence-corrected chi connectivity index (χ2v) is 27.2. The lowest BCUT2D eigenvalue weighted by Crippen LogP contribution is -2.64. The Labute approximate surface area is 430 Å². The standard InChI is InChI=1S/C65H66BN3S2/c1-39-34-52-56-53(35-39)69-58-49(64(11)32-15-16-33-65(64,69)12)36-42(63(8,9)10)37-50(58)66(56)60-57(68(52)51-20-17-19-47-46-18-13-14-21-54(46)70-59(47)51)48-31-30-45(38-55(48)71-60)67(43-26-22-40(23-27-43)61(2,3)4)44-28-24-41(25-29-44)62(5,6)7/h13-14,17-31,34-38H,15-16,32-33H2,1-12H3. The molecule has 9 aromatic rings. The van der Waals surface area contributed by atoms with Crippen molar-refractivity contribution in [2.75, 3.05) is 14.7 Å². The van der Waals surface area contributed by atoms with Gasteiger partial charge in [0.25, 0.3) is 6.71 Å². The van der Waals surface area contributed by atoms with Crippen LogP contribution in [0.3, 0.4) is 0 Å². The summed E-state index contributed by atoms with van der Waals surface area (Å²) in [4.78, 5) is 8.10. The first-order chi connectivity index (χ1) is 33.7. The van der Waals surface area contributed by atoms with Crippen LogP contribution in [0.25, 0.3) is 30.3 Å². The van der Waals surface area contributed by atoms with Gasteiger partial charge in [0.05, 0.1) is 21.6 Å². The van der Waals surface area contributed by atoms with E-state index >= 15 is 0 Å². The molecule has 1 aliphatic carbocycles. The Morgan fingerprint density at radius 3 is 1.83 bits per heavy atom. The van der Waals surface area contributed by atoms with Gasteiger partial charge in [-0.1, -0.05) is 149 Å². The van der Waals surface area contributed by atoms with E-state index in [2.05, 4.69) is 231 Å². The number of benzene rings is 7. The highest BCUT2D eigenvalue weighted by molar-refractivity contribution is 7.34. The molecule has 4 aliphatic rings. The number of thiophene rings is 2. The number of anilines is 8. The summed E-state index contributed by atoms with van der Waals surface area (Å²) in [7, 11) is 0. The lowest BCUT2D eigenvalue weighted by atomic mass is 9.36. The first-order valence-electron chi connectivity index (χ1n) is 26.2. The molecule has 3 aliphatic heterocycles. The Kier molecular flexibility index (Phi) is 9.60. The molecule has 0 amide bonds. The maximum Gasteiger partial charge on any atom is 0.264 e. The highest BCUT2D eigenvalue weighted by Crippen LogP contribution is 2.63. The molecular formula is C65H66BN3S2. The van der Waals surface area contributed by atoms with Gasteiger partial charge in [0, 0.05) is 69.9 Å². The average molecular weight is 964 g/mol. The molecule has 71 heavy (non-hydrogen) atoms. The minimum absolute atomic E-state index is 0.00813. The molecule has 0 saturated heterocycles. The van der Waals surface area contributed by atoms with Crippen LogP contribution < -0.4 is 30.4 Å². The molecule has 2 unspecified atom stereocenters. The number of fused-ring (bicyclic) bond motifs is 12. The van der Waals surface area contributed by atoms with Crippen molar-refractivity contribution in [1.29, 1.82) is 0 Å². The van der Waals surface area contributed by atoms with E-state index in [1.54, 1.807) is 5.56 Å². The normalized spacial score (nSPS) is 19.4. The fourth-order valence-electron chi connectivity index (χ4n) is 13.3. The fraction of sp³-hybridized carbons (Fsp3) is 0.323. The molecule has 5 heterocycles. The minimum Gasteiger partial charge on any atom is -0.335 e. The Morgan fingerprint density at radius 1 is 0.535 bits per heavy atom. The van der Waals surface area contributed by atoms with Crippen molar-refractivity contribution in [3.8, 4) is 0 Å². The predicted molar refractivity (Wildman–Crippen MR) is 312 cm³/mol. The molecule has 2 aromatic heterocycles. The van der Waals surface area contributed by atoms with Crippen LogP contribution in [0.5, 0.6) is 0 Å². The van der Waals surface area contributed by atoms with Gasteiger partial charge in [-0.05, 0) is 148 Å². The quantitative estimate of drug-likeness (QED) is 0.163. The lowest BCUT2D eigenvalue weighted by molar-refractivity contribution is 0.195. The molecule has 0 radical (unpaired) electrons. The van der Waals surface area contributed by atoms with Gasteiger partial charge >= 0.3 is 0 Å². The van der Waals surface area contributed by atoms with E-state index in [9.17, 15) is 0 Å². The SMILES string of the molecule is Cc1cc2c3c(c1)N1c4c(cc(C(C)(C)C)cc4C4(C)CCCCC14C)B3c1sc3cc(N(c4ccc(C(C)(C)C)cc4)c4ccc(C(C)(C)C)cc4)ccc3c1N2c1cccc2c1sc1ccccc12. The molecule has 3 nitrogen and oxygen atoms in total. The van der Waals surface area contributed by atoms with Crippen LogP contribution in [0.15, 0.2) is 133 Å². The Hall–Kier alpha value is -5.82. The number of hydrogen-bond donors (Lipinski definition) is 0. The third kappa shape index (κ3) is 6.45. The van der Waals surface area contributed by atoms with E-state index in [1.165, 1.54) is 128 Å². The second-order valence-electron chi connectivity index (χ2n) is 25.0. The molecule has 1 saturated carbocycles. The van der Waals surface area contributed by atoms with Crippen molar-refractivity contribution in [3.05, 3.63) is 161 Å². The molecule has 13 rings (SSSR count). The van der Waals surface area contributed by atoms with E-state index < -0.39 is 0 Å².